The Morgan fingerprint density at radius 3 is 2.54 bits per heavy atom. The van der Waals surface area contributed by atoms with E-state index < -0.39 is 5.82 Å². The van der Waals surface area contributed by atoms with Crippen molar-refractivity contribution in [3.63, 3.8) is 0 Å². The van der Waals surface area contributed by atoms with Crippen molar-refractivity contribution in [2.75, 3.05) is 5.32 Å². The van der Waals surface area contributed by atoms with Gasteiger partial charge < -0.3 is 9.73 Å². The fourth-order valence-corrected chi connectivity index (χ4v) is 2.46. The van der Waals surface area contributed by atoms with Crippen LogP contribution in [0.3, 0.4) is 0 Å². The molecule has 0 aliphatic heterocycles. The van der Waals surface area contributed by atoms with Gasteiger partial charge in [0.05, 0.1) is 5.02 Å². The normalized spacial score (nSPS) is 10.6. The van der Waals surface area contributed by atoms with Crippen LogP contribution in [0.15, 0.2) is 59.0 Å². The van der Waals surface area contributed by atoms with E-state index in [0.717, 1.165) is 6.42 Å². The molecule has 1 aromatic heterocycles. The zero-order chi connectivity index (χ0) is 17.1. The molecule has 3 aromatic rings. The first-order valence-corrected chi connectivity index (χ1v) is 7.90. The number of hydrogen-bond acceptors (Lipinski definition) is 2. The van der Waals surface area contributed by atoms with Crippen LogP contribution >= 0.6 is 11.6 Å². The second kappa shape index (κ2) is 6.89. The molecule has 0 bridgehead atoms. The Labute approximate surface area is 144 Å². The number of furan rings is 1. The van der Waals surface area contributed by atoms with Gasteiger partial charge in [0.25, 0.3) is 5.91 Å². The first-order chi connectivity index (χ1) is 11.6. The second-order valence-corrected chi connectivity index (χ2v) is 5.70. The maximum Gasteiger partial charge on any atom is 0.291 e. The van der Waals surface area contributed by atoms with Crippen LogP contribution in [0, 0.1) is 5.82 Å². The Balaban J connectivity index is 1.76. The van der Waals surface area contributed by atoms with Gasteiger partial charge in [-0.15, -0.1) is 0 Å². The smallest absolute Gasteiger partial charge is 0.291 e. The van der Waals surface area contributed by atoms with Crippen LogP contribution in [-0.2, 0) is 6.42 Å². The van der Waals surface area contributed by atoms with Gasteiger partial charge in [0.15, 0.2) is 5.76 Å². The van der Waals surface area contributed by atoms with Crippen LogP contribution < -0.4 is 5.32 Å². The number of carbonyl (C=O) groups is 1. The van der Waals surface area contributed by atoms with Gasteiger partial charge >= 0.3 is 0 Å². The summed E-state index contributed by atoms with van der Waals surface area (Å²) in [5, 5.41) is 2.78. The third-order valence-corrected chi connectivity index (χ3v) is 3.94. The number of nitrogens with one attached hydrogen (secondary N) is 1. The first kappa shape index (κ1) is 16.3. The summed E-state index contributed by atoms with van der Waals surface area (Å²) in [6, 6.07) is 15.1. The lowest BCUT2D eigenvalue weighted by atomic mass is 10.1. The number of aryl methyl sites for hydroxylation is 1. The molecule has 0 unspecified atom stereocenters. The maximum absolute atomic E-state index is 13.2. The number of rotatable bonds is 4. The lowest BCUT2D eigenvalue weighted by molar-refractivity contribution is 0.0997. The number of halogens is 2. The number of carbonyl (C=O) groups excluding carboxylic acids is 1. The Morgan fingerprint density at radius 2 is 1.88 bits per heavy atom. The molecule has 24 heavy (non-hydrogen) atoms. The zero-order valence-corrected chi connectivity index (χ0v) is 13.7. The fourth-order valence-electron chi connectivity index (χ4n) is 2.28. The van der Waals surface area contributed by atoms with Crippen molar-refractivity contribution >= 4 is 23.2 Å². The van der Waals surface area contributed by atoms with Crippen molar-refractivity contribution in [1.29, 1.82) is 0 Å². The van der Waals surface area contributed by atoms with Crippen molar-refractivity contribution in [1.82, 2.24) is 0 Å². The summed E-state index contributed by atoms with van der Waals surface area (Å²) in [4.78, 5) is 12.2. The van der Waals surface area contributed by atoms with Gasteiger partial charge in [-0.05, 0) is 54.4 Å². The van der Waals surface area contributed by atoms with E-state index in [-0.39, 0.29) is 16.7 Å². The number of anilines is 1. The summed E-state index contributed by atoms with van der Waals surface area (Å²) in [5.41, 5.74) is 2.49. The minimum atomic E-state index is -0.500. The molecule has 2 aromatic carbocycles. The predicted octanol–water partition coefficient (Wildman–Crippen LogP) is 5.55. The Kier molecular flexibility index (Phi) is 4.67. The van der Waals surface area contributed by atoms with Crippen LogP contribution in [0.5, 0.6) is 0 Å². The number of hydrogen-bond donors (Lipinski definition) is 1. The molecule has 0 spiro atoms. The Morgan fingerprint density at radius 1 is 1.12 bits per heavy atom. The van der Waals surface area contributed by atoms with Crippen molar-refractivity contribution in [2.24, 2.45) is 0 Å². The largest absolute Gasteiger partial charge is 0.451 e. The second-order valence-electron chi connectivity index (χ2n) is 5.30. The molecule has 1 amide bonds. The first-order valence-electron chi connectivity index (χ1n) is 7.52. The molecule has 0 atom stereocenters. The quantitative estimate of drug-likeness (QED) is 0.674. The highest BCUT2D eigenvalue weighted by Crippen LogP contribution is 2.27. The molecule has 1 heterocycles. The van der Waals surface area contributed by atoms with Gasteiger partial charge in [-0.25, -0.2) is 4.39 Å². The molecule has 0 saturated heterocycles. The zero-order valence-electron chi connectivity index (χ0n) is 13.0. The molecule has 3 nitrogen and oxygen atoms in total. The Bertz CT molecular complexity index is 871. The van der Waals surface area contributed by atoms with E-state index in [1.54, 1.807) is 18.2 Å². The summed E-state index contributed by atoms with van der Waals surface area (Å²) in [5.74, 6) is -0.229. The average molecular weight is 344 g/mol. The summed E-state index contributed by atoms with van der Waals surface area (Å²) >= 11 is 5.77. The van der Waals surface area contributed by atoms with Crippen molar-refractivity contribution in [3.05, 3.63) is 76.8 Å². The van der Waals surface area contributed by atoms with Crippen molar-refractivity contribution < 1.29 is 13.6 Å². The molecule has 0 aliphatic rings. The van der Waals surface area contributed by atoms with E-state index in [2.05, 4.69) is 12.2 Å². The minimum absolute atomic E-state index is 0.00548. The van der Waals surface area contributed by atoms with Gasteiger partial charge in [-0.2, -0.15) is 0 Å². The van der Waals surface area contributed by atoms with E-state index in [1.807, 2.05) is 24.3 Å². The van der Waals surface area contributed by atoms with Gasteiger partial charge in [0.1, 0.15) is 11.6 Å². The third kappa shape index (κ3) is 3.49. The number of benzene rings is 2. The SMILES string of the molecule is CCc1ccc(NC(=O)c2ccc(-c3ccc(F)c(Cl)c3)o2)cc1. The van der Waals surface area contributed by atoms with Crippen LogP contribution in [0.2, 0.25) is 5.02 Å². The standard InChI is InChI=1S/C19H15ClFNO2/c1-2-12-3-6-14(7-4-12)22-19(23)18-10-9-17(24-18)13-5-8-16(21)15(20)11-13/h3-11H,2H2,1H3,(H,22,23). The molecular weight excluding hydrogens is 329 g/mol. The molecule has 0 radical (unpaired) electrons. The van der Waals surface area contributed by atoms with Gasteiger partial charge in [-0.3, -0.25) is 4.79 Å². The number of amides is 1. The van der Waals surface area contributed by atoms with Crippen molar-refractivity contribution in [2.45, 2.75) is 13.3 Å². The highest BCUT2D eigenvalue weighted by molar-refractivity contribution is 6.31. The average Bonchev–Trinajstić information content (AvgIpc) is 3.08. The molecular formula is C19H15ClFNO2. The molecule has 3 rings (SSSR count). The van der Waals surface area contributed by atoms with Gasteiger partial charge in [-0.1, -0.05) is 30.7 Å². The molecule has 5 heteroatoms. The van der Waals surface area contributed by atoms with Crippen molar-refractivity contribution in [3.8, 4) is 11.3 Å². The molecule has 122 valence electrons. The minimum Gasteiger partial charge on any atom is -0.451 e. The van der Waals surface area contributed by atoms with Gasteiger partial charge in [0, 0.05) is 11.3 Å². The molecule has 0 fully saturated rings. The fraction of sp³-hybridized carbons (Fsp3) is 0.105. The van der Waals surface area contributed by atoms with E-state index in [1.165, 1.54) is 17.7 Å². The third-order valence-electron chi connectivity index (χ3n) is 3.65. The van der Waals surface area contributed by atoms with Crippen LogP contribution in [-0.4, -0.2) is 5.91 Å². The summed E-state index contributed by atoms with van der Waals surface area (Å²) in [6.07, 6.45) is 0.940. The maximum atomic E-state index is 13.2. The summed E-state index contributed by atoms with van der Waals surface area (Å²) < 4.78 is 18.8. The Hall–Kier alpha value is -2.59. The van der Waals surface area contributed by atoms with E-state index in [4.69, 9.17) is 16.0 Å². The molecule has 1 N–H and O–H groups in total. The van der Waals surface area contributed by atoms with E-state index in [9.17, 15) is 9.18 Å². The topological polar surface area (TPSA) is 42.2 Å². The monoisotopic (exact) mass is 343 g/mol. The summed E-state index contributed by atoms with van der Waals surface area (Å²) in [6.45, 7) is 2.07. The lowest BCUT2D eigenvalue weighted by Gasteiger charge is -2.04. The van der Waals surface area contributed by atoms with E-state index in [0.29, 0.717) is 17.0 Å². The molecule has 0 saturated carbocycles. The summed E-state index contributed by atoms with van der Waals surface area (Å²) in [7, 11) is 0. The predicted molar refractivity (Wildman–Crippen MR) is 92.9 cm³/mol. The highest BCUT2D eigenvalue weighted by atomic mass is 35.5. The van der Waals surface area contributed by atoms with Crippen LogP contribution in [0.25, 0.3) is 11.3 Å². The van der Waals surface area contributed by atoms with Gasteiger partial charge in [0.2, 0.25) is 0 Å². The highest BCUT2D eigenvalue weighted by Gasteiger charge is 2.13. The molecule has 0 aliphatic carbocycles. The lowest BCUT2D eigenvalue weighted by Crippen LogP contribution is -2.10. The van der Waals surface area contributed by atoms with Crippen LogP contribution in [0.4, 0.5) is 10.1 Å². The van der Waals surface area contributed by atoms with Crippen LogP contribution in [0.1, 0.15) is 23.0 Å². The van der Waals surface area contributed by atoms with E-state index >= 15 is 0 Å².